The van der Waals surface area contributed by atoms with Gasteiger partial charge in [-0.1, -0.05) is 0 Å². The second kappa shape index (κ2) is 6.33. The number of carbonyl (C=O) groups excluding carboxylic acids is 2. The Morgan fingerprint density at radius 2 is 2.15 bits per heavy atom. The largest absolute Gasteiger partial charge is 0.465 e. The predicted molar refractivity (Wildman–Crippen MR) is 96.3 cm³/mol. The van der Waals surface area contributed by atoms with Gasteiger partial charge in [0.05, 0.1) is 6.33 Å². The highest BCUT2D eigenvalue weighted by Crippen LogP contribution is 2.68. The predicted octanol–water partition coefficient (Wildman–Crippen LogP) is 1.97. The molecular weight excluding hydrogens is 374 g/mol. The van der Waals surface area contributed by atoms with Gasteiger partial charge in [0.1, 0.15) is 12.7 Å². The number of anilines is 1. The van der Waals surface area contributed by atoms with Crippen LogP contribution in [0.1, 0.15) is 32.7 Å². The Kier molecular flexibility index (Phi) is 4.21. The van der Waals surface area contributed by atoms with E-state index in [9.17, 15) is 9.59 Å². The molecule has 2 fully saturated rings. The average molecular weight is 394 g/mol. The number of imidazole rings is 1. The zero-order valence-corrected chi connectivity index (χ0v) is 16.0. The number of ether oxygens (including phenoxy) is 2. The fraction of sp³-hybridized carbons (Fsp3) is 0.588. The Labute approximate surface area is 160 Å². The van der Waals surface area contributed by atoms with E-state index in [1.165, 1.54) is 13.8 Å². The molecule has 0 aliphatic heterocycles. The monoisotopic (exact) mass is 393 g/mol. The van der Waals surface area contributed by atoms with E-state index in [0.29, 0.717) is 23.4 Å². The molecular formula is C17H20ClN5O4. The number of esters is 2. The summed E-state index contributed by atoms with van der Waals surface area (Å²) >= 11 is 6.06. The summed E-state index contributed by atoms with van der Waals surface area (Å²) in [4.78, 5) is 35.8. The summed E-state index contributed by atoms with van der Waals surface area (Å²) in [7, 11) is 1.74. The number of carbonyl (C=O) groups is 2. The molecule has 0 saturated heterocycles. The minimum absolute atomic E-state index is 0.0191. The summed E-state index contributed by atoms with van der Waals surface area (Å²) in [6, 6.07) is 0.0191. The normalized spacial score (nSPS) is 28.7. The number of hydrogen-bond acceptors (Lipinski definition) is 8. The van der Waals surface area contributed by atoms with E-state index in [4.69, 9.17) is 21.1 Å². The van der Waals surface area contributed by atoms with E-state index in [1.54, 1.807) is 13.4 Å². The van der Waals surface area contributed by atoms with Gasteiger partial charge < -0.3 is 19.4 Å². The Bertz CT molecular complexity index is 931. The van der Waals surface area contributed by atoms with Crippen molar-refractivity contribution in [1.29, 1.82) is 0 Å². The summed E-state index contributed by atoms with van der Waals surface area (Å²) in [5, 5.41) is 3.10. The van der Waals surface area contributed by atoms with Gasteiger partial charge in [-0.15, -0.1) is 0 Å². The molecule has 0 amide bonds. The first-order valence-electron chi connectivity index (χ1n) is 8.74. The number of fused-ring (bicyclic) bond motifs is 2. The molecule has 4 rings (SSSR count). The highest BCUT2D eigenvalue weighted by atomic mass is 35.5. The zero-order chi connectivity index (χ0) is 19.3. The third-order valence-corrected chi connectivity index (χ3v) is 5.75. The van der Waals surface area contributed by atoms with Crippen LogP contribution in [-0.2, 0) is 19.1 Å². The van der Waals surface area contributed by atoms with E-state index in [-0.39, 0.29) is 47.3 Å². The van der Waals surface area contributed by atoms with Crippen LogP contribution in [0.3, 0.4) is 0 Å². The first-order chi connectivity index (χ1) is 12.9. The summed E-state index contributed by atoms with van der Waals surface area (Å²) in [6.45, 7) is 3.01. The Morgan fingerprint density at radius 1 is 1.37 bits per heavy atom. The fourth-order valence-electron chi connectivity index (χ4n) is 4.33. The second-order valence-corrected chi connectivity index (χ2v) is 7.48. The van der Waals surface area contributed by atoms with Crippen LogP contribution in [0.5, 0.6) is 0 Å². The molecule has 1 N–H and O–H groups in total. The molecule has 4 atom stereocenters. The van der Waals surface area contributed by atoms with Gasteiger partial charge in [0.2, 0.25) is 5.28 Å². The number of halogens is 1. The Balaban J connectivity index is 1.69. The number of aromatic nitrogens is 4. The van der Waals surface area contributed by atoms with Gasteiger partial charge in [0.15, 0.2) is 17.0 Å². The molecule has 27 heavy (non-hydrogen) atoms. The van der Waals surface area contributed by atoms with Gasteiger partial charge in [0, 0.05) is 38.8 Å². The second-order valence-electron chi connectivity index (χ2n) is 7.14. The lowest BCUT2D eigenvalue weighted by Gasteiger charge is -2.23. The Hall–Kier alpha value is -2.42. The lowest BCUT2D eigenvalue weighted by atomic mass is 10.0. The van der Waals surface area contributed by atoms with Gasteiger partial charge in [-0.2, -0.15) is 9.97 Å². The fourth-order valence-corrected chi connectivity index (χ4v) is 4.50. The van der Waals surface area contributed by atoms with Gasteiger partial charge in [0.25, 0.3) is 0 Å². The van der Waals surface area contributed by atoms with Crippen molar-refractivity contribution in [3.63, 3.8) is 0 Å². The number of rotatable bonds is 5. The summed E-state index contributed by atoms with van der Waals surface area (Å²) in [6.07, 6.45) is 2.81. The van der Waals surface area contributed by atoms with E-state index >= 15 is 0 Å². The number of nitrogens with one attached hydrogen (secondary N) is 1. The van der Waals surface area contributed by atoms with Crippen molar-refractivity contribution in [1.82, 2.24) is 19.5 Å². The summed E-state index contributed by atoms with van der Waals surface area (Å²) in [5.41, 5.74) is 0.909. The van der Waals surface area contributed by atoms with Crippen molar-refractivity contribution in [3.05, 3.63) is 11.6 Å². The average Bonchev–Trinajstić information content (AvgIpc) is 3.07. The highest BCUT2D eigenvalue weighted by molar-refractivity contribution is 6.28. The van der Waals surface area contributed by atoms with Crippen LogP contribution in [0, 0.1) is 11.3 Å². The zero-order valence-electron chi connectivity index (χ0n) is 15.2. The molecule has 144 valence electrons. The van der Waals surface area contributed by atoms with Gasteiger partial charge in [-0.05, 0) is 23.9 Å². The van der Waals surface area contributed by atoms with Crippen LogP contribution < -0.4 is 5.32 Å². The third-order valence-electron chi connectivity index (χ3n) is 5.58. The first-order valence-corrected chi connectivity index (χ1v) is 9.12. The van der Waals surface area contributed by atoms with Crippen LogP contribution in [0.25, 0.3) is 11.2 Å². The molecule has 2 saturated carbocycles. The van der Waals surface area contributed by atoms with Gasteiger partial charge in [-0.25, -0.2) is 4.98 Å². The molecule has 2 aromatic heterocycles. The van der Waals surface area contributed by atoms with Crippen molar-refractivity contribution >= 4 is 40.5 Å². The minimum atomic E-state index is -0.346. The maximum absolute atomic E-state index is 11.6. The number of nitrogens with zero attached hydrogens (tertiary/aromatic N) is 4. The van der Waals surface area contributed by atoms with Crippen molar-refractivity contribution in [2.24, 2.45) is 11.3 Å². The topological polar surface area (TPSA) is 108 Å². The van der Waals surface area contributed by atoms with E-state index < -0.39 is 0 Å². The van der Waals surface area contributed by atoms with Gasteiger partial charge in [-0.3, -0.25) is 9.59 Å². The van der Waals surface area contributed by atoms with Gasteiger partial charge >= 0.3 is 11.9 Å². The first kappa shape index (κ1) is 18.0. The van der Waals surface area contributed by atoms with Crippen LogP contribution in [0.2, 0.25) is 5.28 Å². The van der Waals surface area contributed by atoms with Crippen molar-refractivity contribution in [2.75, 3.05) is 19.0 Å². The van der Waals surface area contributed by atoms with Crippen LogP contribution in [0.4, 0.5) is 5.82 Å². The quantitative estimate of drug-likeness (QED) is 0.606. The molecule has 2 heterocycles. The third kappa shape index (κ3) is 2.90. The molecule has 0 radical (unpaired) electrons. The molecule has 0 bridgehead atoms. The molecule has 2 aliphatic rings. The molecule has 9 nitrogen and oxygen atoms in total. The molecule has 2 aliphatic carbocycles. The molecule has 0 aromatic carbocycles. The van der Waals surface area contributed by atoms with Crippen molar-refractivity contribution in [3.8, 4) is 0 Å². The van der Waals surface area contributed by atoms with E-state index in [2.05, 4.69) is 20.3 Å². The smallest absolute Gasteiger partial charge is 0.302 e. The maximum atomic E-state index is 11.6. The van der Waals surface area contributed by atoms with Crippen LogP contribution in [-0.4, -0.2) is 51.2 Å². The highest BCUT2D eigenvalue weighted by Gasteiger charge is 2.70. The van der Waals surface area contributed by atoms with Crippen molar-refractivity contribution in [2.45, 2.75) is 38.8 Å². The molecule has 2 aromatic rings. The van der Waals surface area contributed by atoms with Crippen LogP contribution in [0.15, 0.2) is 6.33 Å². The van der Waals surface area contributed by atoms with Crippen molar-refractivity contribution < 1.29 is 19.1 Å². The summed E-state index contributed by atoms with van der Waals surface area (Å²) < 4.78 is 12.8. The lowest BCUT2D eigenvalue weighted by Crippen LogP contribution is -2.29. The van der Waals surface area contributed by atoms with E-state index in [0.717, 1.165) is 6.42 Å². The standard InChI is InChI=1S/C17H20ClN5O4/c1-8(24)26-6-17-5-10(17)11(4-12(17)27-9(2)25)23-7-20-13-14(19-3)21-16(18)22-15(13)23/h7,10-12H,4-6H2,1-3H3,(H,19,21,22)/t10-,11+,12+,17+/m1/s1. The summed E-state index contributed by atoms with van der Waals surface area (Å²) in [5.74, 6) is 0.0729. The molecule has 0 unspecified atom stereocenters. The van der Waals surface area contributed by atoms with E-state index in [1.807, 2.05) is 4.57 Å². The molecule has 0 spiro atoms. The Morgan fingerprint density at radius 3 is 2.81 bits per heavy atom. The molecule has 10 heteroatoms. The SMILES string of the molecule is CNc1nc(Cl)nc2c1ncn2[C@H]1C[C@H](OC(C)=O)[C@]2(COC(C)=O)C[C@H]12. The lowest BCUT2D eigenvalue weighted by molar-refractivity contribution is -0.153. The number of hydrogen-bond donors (Lipinski definition) is 1. The minimum Gasteiger partial charge on any atom is -0.465 e. The van der Waals surface area contributed by atoms with Crippen LogP contribution >= 0.6 is 11.6 Å². The maximum Gasteiger partial charge on any atom is 0.302 e.